The quantitative estimate of drug-likeness (QED) is 0.660. The van der Waals surface area contributed by atoms with Crippen LogP contribution < -0.4 is 10.1 Å². The van der Waals surface area contributed by atoms with Gasteiger partial charge in [0.25, 0.3) is 5.91 Å². The second-order valence-corrected chi connectivity index (χ2v) is 6.68. The van der Waals surface area contributed by atoms with Gasteiger partial charge in [-0.15, -0.1) is 0 Å². The van der Waals surface area contributed by atoms with Crippen molar-refractivity contribution >= 4 is 21.8 Å². The van der Waals surface area contributed by atoms with Gasteiger partial charge in [0.2, 0.25) is 11.7 Å². The minimum absolute atomic E-state index is 0.140. The summed E-state index contributed by atoms with van der Waals surface area (Å²) in [6.45, 7) is 3.77. The van der Waals surface area contributed by atoms with Gasteiger partial charge in [0.15, 0.2) is 6.10 Å². The van der Waals surface area contributed by atoms with Crippen LogP contribution in [0.4, 0.5) is 0 Å². The van der Waals surface area contributed by atoms with Gasteiger partial charge in [-0.05, 0) is 37.6 Å². The second-order valence-electron chi connectivity index (χ2n) is 5.77. The topological polar surface area (TPSA) is 77.2 Å². The average Bonchev–Trinajstić information content (AvgIpc) is 3.10. The van der Waals surface area contributed by atoms with Gasteiger partial charge in [0.05, 0.1) is 6.54 Å². The Kier molecular flexibility index (Phi) is 5.68. The molecule has 0 spiro atoms. The Labute approximate surface area is 159 Å². The summed E-state index contributed by atoms with van der Waals surface area (Å²) in [5.41, 5.74) is 1.81. The van der Waals surface area contributed by atoms with E-state index in [2.05, 4.69) is 31.4 Å². The molecule has 7 heteroatoms. The molecule has 1 heterocycles. The zero-order chi connectivity index (χ0) is 18.5. The molecule has 1 N–H and O–H groups in total. The molecule has 0 radical (unpaired) electrons. The summed E-state index contributed by atoms with van der Waals surface area (Å²) in [5, 5.41) is 6.69. The number of nitrogens with one attached hydrogen (secondary N) is 1. The lowest BCUT2D eigenvalue weighted by Crippen LogP contribution is -2.36. The van der Waals surface area contributed by atoms with Gasteiger partial charge in [-0.25, -0.2) is 0 Å². The molecule has 0 fully saturated rings. The molecule has 1 aromatic heterocycles. The number of hydrogen-bond donors (Lipinski definition) is 1. The highest BCUT2D eigenvalue weighted by Gasteiger charge is 2.17. The van der Waals surface area contributed by atoms with E-state index in [4.69, 9.17) is 9.26 Å². The van der Waals surface area contributed by atoms with Crippen LogP contribution in [0.15, 0.2) is 57.5 Å². The zero-order valence-electron chi connectivity index (χ0n) is 14.4. The third-order valence-electron chi connectivity index (χ3n) is 3.73. The summed E-state index contributed by atoms with van der Waals surface area (Å²) >= 11 is 3.41. The first-order valence-electron chi connectivity index (χ1n) is 8.11. The molecule has 26 heavy (non-hydrogen) atoms. The molecule has 0 aliphatic carbocycles. The highest BCUT2D eigenvalue weighted by atomic mass is 79.9. The Morgan fingerprint density at radius 1 is 1.27 bits per heavy atom. The van der Waals surface area contributed by atoms with Crippen LogP contribution in [0.3, 0.4) is 0 Å². The number of halogens is 1. The van der Waals surface area contributed by atoms with Crippen LogP contribution in [-0.4, -0.2) is 22.2 Å². The van der Waals surface area contributed by atoms with Crippen molar-refractivity contribution in [1.29, 1.82) is 0 Å². The number of aromatic nitrogens is 2. The maximum atomic E-state index is 12.2. The number of nitrogens with zero attached hydrogens (tertiary/aromatic N) is 2. The average molecular weight is 416 g/mol. The molecule has 0 saturated carbocycles. The second kappa shape index (κ2) is 8.14. The first-order chi connectivity index (χ1) is 12.5. The van der Waals surface area contributed by atoms with E-state index in [1.54, 1.807) is 6.92 Å². The van der Waals surface area contributed by atoms with Crippen LogP contribution in [0.25, 0.3) is 11.4 Å². The van der Waals surface area contributed by atoms with Crippen LogP contribution in [0.1, 0.15) is 18.4 Å². The molecular formula is C19H18BrN3O3. The van der Waals surface area contributed by atoms with Crippen molar-refractivity contribution in [3.8, 4) is 17.1 Å². The fourth-order valence-corrected chi connectivity index (χ4v) is 2.71. The molecule has 0 saturated heterocycles. The fourth-order valence-electron chi connectivity index (χ4n) is 2.31. The summed E-state index contributed by atoms with van der Waals surface area (Å²) in [6.07, 6.45) is -0.636. The van der Waals surface area contributed by atoms with Crippen molar-refractivity contribution in [2.24, 2.45) is 0 Å². The molecule has 1 amide bonds. The number of carbonyl (C=O) groups is 1. The highest BCUT2D eigenvalue weighted by molar-refractivity contribution is 9.10. The Hall–Kier alpha value is -2.67. The summed E-state index contributed by atoms with van der Waals surface area (Å²) in [4.78, 5) is 16.5. The predicted molar refractivity (Wildman–Crippen MR) is 101 cm³/mol. The molecule has 3 rings (SSSR count). The van der Waals surface area contributed by atoms with Crippen molar-refractivity contribution < 1.29 is 14.1 Å². The third-order valence-corrected chi connectivity index (χ3v) is 4.22. The lowest BCUT2D eigenvalue weighted by Gasteiger charge is -2.15. The largest absolute Gasteiger partial charge is 0.481 e. The molecular weight excluding hydrogens is 398 g/mol. The Balaban J connectivity index is 1.57. The summed E-state index contributed by atoms with van der Waals surface area (Å²) in [7, 11) is 0. The van der Waals surface area contributed by atoms with E-state index in [9.17, 15) is 4.79 Å². The molecule has 134 valence electrons. The van der Waals surface area contributed by atoms with Crippen LogP contribution >= 0.6 is 15.9 Å². The van der Waals surface area contributed by atoms with E-state index >= 15 is 0 Å². The van der Waals surface area contributed by atoms with Crippen LogP contribution in [0, 0.1) is 6.92 Å². The molecule has 0 unspecified atom stereocenters. The number of carbonyl (C=O) groups excluding carboxylic acids is 1. The van der Waals surface area contributed by atoms with Crippen molar-refractivity contribution in [2.45, 2.75) is 26.5 Å². The maximum absolute atomic E-state index is 12.2. The standard InChI is InChI=1S/C19H18BrN3O3/c1-12-6-3-4-9-16(12)25-13(2)19(24)21-11-17-22-18(23-26-17)14-7-5-8-15(20)10-14/h3-10,13H,11H2,1-2H3,(H,21,24)/t13-/m0/s1. The minimum atomic E-state index is -0.636. The number of aryl methyl sites for hydroxylation is 1. The molecule has 3 aromatic rings. The number of para-hydroxylation sites is 1. The zero-order valence-corrected chi connectivity index (χ0v) is 16.0. The van der Waals surface area contributed by atoms with E-state index in [0.29, 0.717) is 17.5 Å². The molecule has 0 bridgehead atoms. The molecule has 0 aliphatic rings. The third kappa shape index (κ3) is 4.49. The van der Waals surface area contributed by atoms with Gasteiger partial charge in [-0.3, -0.25) is 4.79 Å². The Morgan fingerprint density at radius 3 is 2.85 bits per heavy atom. The minimum Gasteiger partial charge on any atom is -0.481 e. The summed E-state index contributed by atoms with van der Waals surface area (Å²) in [5.74, 6) is 1.23. The first kappa shape index (κ1) is 18.1. The normalized spacial score (nSPS) is 11.8. The smallest absolute Gasteiger partial charge is 0.261 e. The van der Waals surface area contributed by atoms with Gasteiger partial charge < -0.3 is 14.6 Å². The van der Waals surface area contributed by atoms with E-state index in [-0.39, 0.29) is 12.5 Å². The number of hydrogen-bond acceptors (Lipinski definition) is 5. The van der Waals surface area contributed by atoms with Gasteiger partial charge in [-0.1, -0.05) is 51.4 Å². The lowest BCUT2D eigenvalue weighted by molar-refractivity contribution is -0.127. The number of rotatable bonds is 6. The van der Waals surface area contributed by atoms with Crippen LogP contribution in [0.5, 0.6) is 5.75 Å². The van der Waals surface area contributed by atoms with Crippen molar-refractivity contribution in [3.63, 3.8) is 0 Å². The number of amides is 1. The highest BCUT2D eigenvalue weighted by Crippen LogP contribution is 2.20. The van der Waals surface area contributed by atoms with E-state index in [1.165, 1.54) is 0 Å². The van der Waals surface area contributed by atoms with E-state index in [0.717, 1.165) is 15.6 Å². The Bertz CT molecular complexity index is 910. The lowest BCUT2D eigenvalue weighted by atomic mass is 10.2. The van der Waals surface area contributed by atoms with E-state index < -0.39 is 6.10 Å². The van der Waals surface area contributed by atoms with Crippen molar-refractivity contribution in [1.82, 2.24) is 15.5 Å². The monoisotopic (exact) mass is 415 g/mol. The van der Waals surface area contributed by atoms with Crippen LogP contribution in [-0.2, 0) is 11.3 Å². The van der Waals surface area contributed by atoms with Gasteiger partial charge >= 0.3 is 0 Å². The molecule has 0 aliphatic heterocycles. The number of ether oxygens (including phenoxy) is 1. The molecule has 1 atom stereocenters. The molecule has 2 aromatic carbocycles. The number of benzene rings is 2. The van der Waals surface area contributed by atoms with Gasteiger partial charge in [-0.2, -0.15) is 4.98 Å². The molecule has 6 nitrogen and oxygen atoms in total. The van der Waals surface area contributed by atoms with Crippen molar-refractivity contribution in [2.75, 3.05) is 0 Å². The van der Waals surface area contributed by atoms with Crippen LogP contribution in [0.2, 0.25) is 0 Å². The maximum Gasteiger partial charge on any atom is 0.261 e. The Morgan fingerprint density at radius 2 is 2.08 bits per heavy atom. The summed E-state index contributed by atoms with van der Waals surface area (Å²) < 4.78 is 11.8. The van der Waals surface area contributed by atoms with E-state index in [1.807, 2.05) is 55.5 Å². The van der Waals surface area contributed by atoms with Gasteiger partial charge in [0, 0.05) is 10.0 Å². The predicted octanol–water partition coefficient (Wildman–Crippen LogP) is 3.89. The SMILES string of the molecule is Cc1ccccc1O[C@@H](C)C(=O)NCc1nc(-c2cccc(Br)c2)no1. The van der Waals surface area contributed by atoms with Gasteiger partial charge in [0.1, 0.15) is 5.75 Å². The summed E-state index contributed by atoms with van der Waals surface area (Å²) in [6, 6.07) is 15.1. The fraction of sp³-hybridized carbons (Fsp3) is 0.211. The first-order valence-corrected chi connectivity index (χ1v) is 8.91. The van der Waals surface area contributed by atoms with Crippen molar-refractivity contribution in [3.05, 3.63) is 64.5 Å².